The Morgan fingerprint density at radius 2 is 2.26 bits per heavy atom. The number of nitrogens with one attached hydrogen (secondary N) is 1. The molecule has 0 bridgehead atoms. The number of aliphatic hydroxyl groups is 1. The van der Waals surface area contributed by atoms with Crippen molar-refractivity contribution in [2.75, 3.05) is 6.61 Å². The summed E-state index contributed by atoms with van der Waals surface area (Å²) in [5.41, 5.74) is 5.94. The maximum atomic E-state index is 14.1. The molecule has 1 rings (SSSR count). The third-order valence-electron chi connectivity index (χ3n) is 2.90. The summed E-state index contributed by atoms with van der Waals surface area (Å²) in [6.45, 7) is 2.48. The van der Waals surface area contributed by atoms with E-state index in [0.717, 1.165) is 6.42 Å². The molecular weight excluding hydrogens is 249 g/mol. The van der Waals surface area contributed by atoms with Crippen molar-refractivity contribution < 1.29 is 14.7 Å². The van der Waals surface area contributed by atoms with Crippen molar-refractivity contribution in [3.8, 4) is 0 Å². The first-order valence-electron chi connectivity index (χ1n) is 6.19. The van der Waals surface area contributed by atoms with Gasteiger partial charge in [0.15, 0.2) is 5.84 Å². The quantitative estimate of drug-likeness (QED) is 0.259. The van der Waals surface area contributed by atoms with Crippen molar-refractivity contribution in [1.29, 1.82) is 0 Å². The molecule has 0 radical (unpaired) electrons. The third kappa shape index (κ3) is 4.50. The first kappa shape index (κ1) is 15.4. The van der Waals surface area contributed by atoms with Crippen LogP contribution in [-0.4, -0.2) is 28.8 Å². The summed E-state index contributed by atoms with van der Waals surface area (Å²) in [5.74, 6) is -0.729. The Morgan fingerprint density at radius 1 is 1.53 bits per heavy atom. The molecule has 1 aromatic rings. The van der Waals surface area contributed by atoms with Crippen LogP contribution in [0.25, 0.3) is 0 Å². The molecule has 19 heavy (non-hydrogen) atoms. The number of nitrogens with two attached hydrogens (primary N) is 1. The Bertz CT molecular complexity index is 438. The fourth-order valence-corrected chi connectivity index (χ4v) is 1.75. The van der Waals surface area contributed by atoms with Gasteiger partial charge in [0.25, 0.3) is 0 Å². The van der Waals surface area contributed by atoms with Crippen LogP contribution in [0, 0.1) is 5.82 Å². The predicted octanol–water partition coefficient (Wildman–Crippen LogP) is 1.17. The van der Waals surface area contributed by atoms with Gasteiger partial charge in [-0.05, 0) is 25.8 Å². The van der Waals surface area contributed by atoms with E-state index in [1.807, 2.05) is 6.92 Å². The van der Waals surface area contributed by atoms with Gasteiger partial charge in [0.1, 0.15) is 5.82 Å². The van der Waals surface area contributed by atoms with E-state index in [0.29, 0.717) is 18.5 Å². The molecule has 5 N–H and O–H groups in total. The van der Waals surface area contributed by atoms with Crippen molar-refractivity contribution in [3.63, 3.8) is 0 Å². The van der Waals surface area contributed by atoms with Crippen molar-refractivity contribution in [2.45, 2.75) is 32.4 Å². The second-order valence-electron chi connectivity index (χ2n) is 4.41. The second-order valence-corrected chi connectivity index (χ2v) is 4.41. The molecule has 106 valence electrons. The van der Waals surface area contributed by atoms with Gasteiger partial charge >= 0.3 is 0 Å². The molecule has 1 aromatic carbocycles. The zero-order chi connectivity index (χ0) is 14.3. The number of rotatable bonds is 7. The van der Waals surface area contributed by atoms with E-state index in [2.05, 4.69) is 10.5 Å². The van der Waals surface area contributed by atoms with Crippen LogP contribution in [0.5, 0.6) is 0 Å². The molecule has 0 fully saturated rings. The van der Waals surface area contributed by atoms with Crippen molar-refractivity contribution >= 4 is 5.84 Å². The van der Waals surface area contributed by atoms with Gasteiger partial charge in [0.05, 0.1) is 5.56 Å². The normalized spacial score (nSPS) is 13.5. The number of halogens is 1. The lowest BCUT2D eigenvalue weighted by Crippen LogP contribution is -2.26. The van der Waals surface area contributed by atoms with Crippen LogP contribution in [0.3, 0.4) is 0 Å². The molecule has 0 spiro atoms. The largest absolute Gasteiger partial charge is 0.409 e. The van der Waals surface area contributed by atoms with Gasteiger partial charge in [-0.25, -0.2) is 4.39 Å². The standard InChI is InChI=1S/C13H20FN3O2/c1-9(4-3-7-18)16-8-10-5-2-6-11(12(10)14)13(15)17-19/h2,5-6,9,16,18-19H,3-4,7-8H2,1H3,(H2,15,17). The highest BCUT2D eigenvalue weighted by atomic mass is 19.1. The van der Waals surface area contributed by atoms with E-state index in [-0.39, 0.29) is 24.0 Å². The maximum Gasteiger partial charge on any atom is 0.173 e. The van der Waals surface area contributed by atoms with Crippen LogP contribution in [0.1, 0.15) is 30.9 Å². The Balaban J connectivity index is 2.69. The van der Waals surface area contributed by atoms with Gasteiger partial charge in [0, 0.05) is 24.8 Å². The highest BCUT2D eigenvalue weighted by Gasteiger charge is 2.12. The molecule has 0 amide bonds. The molecule has 1 atom stereocenters. The molecule has 0 saturated carbocycles. The minimum absolute atomic E-state index is 0.0878. The van der Waals surface area contributed by atoms with Crippen LogP contribution in [0.15, 0.2) is 23.4 Å². The zero-order valence-corrected chi connectivity index (χ0v) is 10.9. The van der Waals surface area contributed by atoms with E-state index in [9.17, 15) is 4.39 Å². The lowest BCUT2D eigenvalue weighted by Gasteiger charge is -2.14. The molecule has 0 aliphatic heterocycles. The van der Waals surface area contributed by atoms with Crippen molar-refractivity contribution in [1.82, 2.24) is 5.32 Å². The number of hydrogen-bond acceptors (Lipinski definition) is 4. The molecule has 0 heterocycles. The van der Waals surface area contributed by atoms with Crippen molar-refractivity contribution in [2.24, 2.45) is 10.9 Å². The van der Waals surface area contributed by atoms with Crippen LogP contribution < -0.4 is 11.1 Å². The smallest absolute Gasteiger partial charge is 0.173 e. The Hall–Kier alpha value is -1.66. The molecular formula is C13H20FN3O2. The molecule has 0 aliphatic carbocycles. The third-order valence-corrected chi connectivity index (χ3v) is 2.90. The molecule has 0 aliphatic rings. The van der Waals surface area contributed by atoms with E-state index in [1.165, 1.54) is 6.07 Å². The highest BCUT2D eigenvalue weighted by molar-refractivity contribution is 5.97. The van der Waals surface area contributed by atoms with E-state index >= 15 is 0 Å². The Labute approximate surface area is 111 Å². The Morgan fingerprint density at radius 3 is 2.89 bits per heavy atom. The maximum absolute atomic E-state index is 14.1. The zero-order valence-electron chi connectivity index (χ0n) is 10.9. The minimum Gasteiger partial charge on any atom is -0.409 e. The molecule has 6 heteroatoms. The number of oxime groups is 1. The van der Waals surface area contributed by atoms with E-state index in [4.69, 9.17) is 16.0 Å². The minimum atomic E-state index is -0.486. The van der Waals surface area contributed by atoms with Crippen LogP contribution >= 0.6 is 0 Å². The number of benzene rings is 1. The van der Waals surface area contributed by atoms with Crippen molar-refractivity contribution in [3.05, 3.63) is 35.1 Å². The predicted molar refractivity (Wildman–Crippen MR) is 71.5 cm³/mol. The lowest BCUT2D eigenvalue weighted by atomic mass is 10.1. The van der Waals surface area contributed by atoms with E-state index in [1.54, 1.807) is 12.1 Å². The first-order chi connectivity index (χ1) is 9.10. The highest BCUT2D eigenvalue weighted by Crippen LogP contribution is 2.13. The van der Waals surface area contributed by atoms with Crippen LogP contribution in [0.4, 0.5) is 4.39 Å². The summed E-state index contributed by atoms with van der Waals surface area (Å²) < 4.78 is 14.1. The van der Waals surface area contributed by atoms with Gasteiger partial charge in [-0.15, -0.1) is 0 Å². The average Bonchev–Trinajstić information content (AvgIpc) is 2.43. The summed E-state index contributed by atoms with van der Waals surface area (Å²) in [6, 6.07) is 4.95. The Kier molecular flexibility index (Phi) is 6.24. The summed E-state index contributed by atoms with van der Waals surface area (Å²) in [7, 11) is 0. The first-order valence-corrected chi connectivity index (χ1v) is 6.19. The number of aliphatic hydroxyl groups excluding tert-OH is 1. The summed E-state index contributed by atoms with van der Waals surface area (Å²) >= 11 is 0. The SMILES string of the molecule is CC(CCCO)NCc1cccc(/C(N)=N/O)c1F. The molecule has 0 saturated heterocycles. The monoisotopic (exact) mass is 269 g/mol. The van der Waals surface area contributed by atoms with Gasteiger partial charge in [-0.3, -0.25) is 0 Å². The van der Waals surface area contributed by atoms with Gasteiger partial charge < -0.3 is 21.4 Å². The van der Waals surface area contributed by atoms with Gasteiger partial charge in [-0.1, -0.05) is 17.3 Å². The number of hydrogen-bond donors (Lipinski definition) is 4. The fraction of sp³-hybridized carbons (Fsp3) is 0.462. The van der Waals surface area contributed by atoms with E-state index < -0.39 is 5.82 Å². The summed E-state index contributed by atoms with van der Waals surface area (Å²) in [4.78, 5) is 0. The number of amidine groups is 1. The molecule has 5 nitrogen and oxygen atoms in total. The average molecular weight is 269 g/mol. The lowest BCUT2D eigenvalue weighted by molar-refractivity contribution is 0.276. The second kappa shape index (κ2) is 7.70. The number of nitrogens with zero attached hydrogens (tertiary/aromatic N) is 1. The molecule has 0 aromatic heterocycles. The molecule has 1 unspecified atom stereocenters. The summed E-state index contributed by atoms with van der Waals surface area (Å²) in [5, 5.41) is 23.3. The fourth-order valence-electron chi connectivity index (χ4n) is 1.75. The van der Waals surface area contributed by atoms with Gasteiger partial charge in [-0.2, -0.15) is 0 Å². The van der Waals surface area contributed by atoms with Crippen LogP contribution in [-0.2, 0) is 6.54 Å². The topological polar surface area (TPSA) is 90.9 Å². The van der Waals surface area contributed by atoms with Gasteiger partial charge in [0.2, 0.25) is 0 Å². The summed E-state index contributed by atoms with van der Waals surface area (Å²) in [6.07, 6.45) is 1.53. The van der Waals surface area contributed by atoms with Crippen LogP contribution in [0.2, 0.25) is 0 Å².